The molecule has 0 aliphatic heterocycles. The van der Waals surface area contributed by atoms with Gasteiger partial charge in [0.2, 0.25) is 0 Å². The smallest absolute Gasteiger partial charge is 0.145 e. The molecule has 0 radical (unpaired) electrons. The van der Waals surface area contributed by atoms with Crippen LogP contribution in [0.15, 0.2) is 64.3 Å². The topological polar surface area (TPSA) is 9.23 Å². The SMILES string of the molecule is C=C(Br)Cc1cc(Br)cc(Br)c1Oc1c(Br)cc(Br)cc1CC(=C)Br. The molecule has 0 saturated heterocycles. The molecule has 0 fully saturated rings. The highest BCUT2D eigenvalue weighted by molar-refractivity contribution is 9.12. The summed E-state index contributed by atoms with van der Waals surface area (Å²) in [4.78, 5) is 0. The number of halogens is 6. The fourth-order valence-electron chi connectivity index (χ4n) is 2.23. The molecule has 0 spiro atoms. The number of ether oxygens (including phenoxy) is 1. The van der Waals surface area contributed by atoms with E-state index < -0.39 is 0 Å². The van der Waals surface area contributed by atoms with Crippen LogP contribution in [0, 0.1) is 0 Å². The van der Waals surface area contributed by atoms with Crippen LogP contribution in [0.5, 0.6) is 11.5 Å². The van der Waals surface area contributed by atoms with Crippen molar-refractivity contribution in [3.8, 4) is 11.5 Å². The minimum atomic E-state index is 0.655. The van der Waals surface area contributed by atoms with Gasteiger partial charge >= 0.3 is 0 Å². The summed E-state index contributed by atoms with van der Waals surface area (Å²) in [6.45, 7) is 7.88. The molecule has 1 nitrogen and oxygen atoms in total. The summed E-state index contributed by atoms with van der Waals surface area (Å²) in [6, 6.07) is 7.99. The van der Waals surface area contributed by atoms with E-state index in [2.05, 4.69) is 109 Å². The van der Waals surface area contributed by atoms with Crippen LogP contribution in [0.25, 0.3) is 0 Å². The molecule has 0 aromatic heterocycles. The van der Waals surface area contributed by atoms with Crippen LogP contribution in [-0.4, -0.2) is 0 Å². The monoisotopic (exact) mass is 718 g/mol. The summed E-state index contributed by atoms with van der Waals surface area (Å²) in [7, 11) is 0. The molecular weight excluding hydrogens is 712 g/mol. The number of benzene rings is 2. The van der Waals surface area contributed by atoms with Crippen LogP contribution in [0.1, 0.15) is 11.1 Å². The molecule has 0 unspecified atom stereocenters. The van der Waals surface area contributed by atoms with Crippen LogP contribution < -0.4 is 4.74 Å². The molecule has 0 amide bonds. The zero-order valence-electron chi connectivity index (χ0n) is 12.8. The van der Waals surface area contributed by atoms with E-state index >= 15 is 0 Å². The summed E-state index contributed by atoms with van der Waals surface area (Å²) in [5, 5.41) is 0. The second-order valence-electron chi connectivity index (χ2n) is 5.24. The number of allylic oxidation sites excluding steroid dienone is 2. The maximum atomic E-state index is 6.35. The van der Waals surface area contributed by atoms with Crippen LogP contribution in [0.2, 0.25) is 0 Å². The summed E-state index contributed by atoms with van der Waals surface area (Å²) in [5.41, 5.74) is 2.03. The Hall–Kier alpha value is 0.600. The summed E-state index contributed by atoms with van der Waals surface area (Å²) >= 11 is 21.2. The fraction of sp³-hybridized carbons (Fsp3) is 0.111. The van der Waals surface area contributed by atoms with E-state index in [0.29, 0.717) is 12.8 Å². The molecule has 0 atom stereocenters. The van der Waals surface area contributed by atoms with Crippen molar-refractivity contribution in [3.05, 3.63) is 75.4 Å². The van der Waals surface area contributed by atoms with Crippen molar-refractivity contribution in [1.29, 1.82) is 0 Å². The number of rotatable bonds is 6. The van der Waals surface area contributed by atoms with Gasteiger partial charge in [0, 0.05) is 32.9 Å². The molecular formula is C18H12Br6O. The van der Waals surface area contributed by atoms with E-state index in [4.69, 9.17) is 4.74 Å². The third-order valence-electron chi connectivity index (χ3n) is 3.14. The zero-order chi connectivity index (χ0) is 18.7. The normalized spacial score (nSPS) is 10.6. The molecule has 7 heteroatoms. The molecule has 0 heterocycles. The first kappa shape index (κ1) is 21.9. The van der Waals surface area contributed by atoms with Crippen molar-refractivity contribution in [2.75, 3.05) is 0 Å². The second-order valence-corrected chi connectivity index (χ2v) is 11.0. The molecule has 0 aliphatic rings. The van der Waals surface area contributed by atoms with Crippen molar-refractivity contribution in [1.82, 2.24) is 0 Å². The predicted molar refractivity (Wildman–Crippen MR) is 127 cm³/mol. The molecule has 2 aromatic rings. The van der Waals surface area contributed by atoms with Gasteiger partial charge in [-0.2, -0.15) is 0 Å². The molecule has 0 saturated carbocycles. The number of hydrogen-bond acceptors (Lipinski definition) is 1. The van der Waals surface area contributed by atoms with Crippen LogP contribution in [-0.2, 0) is 12.8 Å². The largest absolute Gasteiger partial charge is 0.454 e. The van der Waals surface area contributed by atoms with Gasteiger partial charge in [-0.15, -0.1) is 0 Å². The lowest BCUT2D eigenvalue weighted by atomic mass is 10.1. The summed E-state index contributed by atoms with van der Waals surface area (Å²) in [5.74, 6) is 1.52. The highest BCUT2D eigenvalue weighted by atomic mass is 79.9. The van der Waals surface area contributed by atoms with Gasteiger partial charge in [0.1, 0.15) is 11.5 Å². The van der Waals surface area contributed by atoms with Crippen LogP contribution >= 0.6 is 95.6 Å². The lowest BCUT2D eigenvalue weighted by molar-refractivity contribution is 0.466. The van der Waals surface area contributed by atoms with E-state index in [1.54, 1.807) is 0 Å². The maximum absolute atomic E-state index is 6.35. The first-order valence-electron chi connectivity index (χ1n) is 6.97. The van der Waals surface area contributed by atoms with Gasteiger partial charge in [-0.25, -0.2) is 0 Å². The number of hydrogen-bond donors (Lipinski definition) is 0. The Morgan fingerprint density at radius 2 is 1.08 bits per heavy atom. The minimum absolute atomic E-state index is 0.655. The van der Waals surface area contributed by atoms with Gasteiger partial charge in [-0.05, 0) is 65.1 Å². The fourth-order valence-corrected chi connectivity index (χ4v) is 5.63. The Morgan fingerprint density at radius 1 is 0.720 bits per heavy atom. The van der Waals surface area contributed by atoms with Gasteiger partial charge < -0.3 is 4.74 Å². The third-order valence-corrected chi connectivity index (χ3v) is 5.79. The standard InChI is InChI=1S/C18H12Br6O/c1-9(19)3-11-5-13(21)7-15(23)17(11)25-18-12(4-10(2)20)6-14(22)8-16(18)24/h5-8H,1-4H2. The second kappa shape index (κ2) is 9.69. The summed E-state index contributed by atoms with van der Waals surface area (Å²) < 4.78 is 11.8. The first-order chi connectivity index (χ1) is 11.7. The molecule has 25 heavy (non-hydrogen) atoms. The van der Waals surface area contributed by atoms with Gasteiger partial charge in [0.05, 0.1) is 8.95 Å². The van der Waals surface area contributed by atoms with Gasteiger partial charge in [-0.1, -0.05) is 76.9 Å². The van der Waals surface area contributed by atoms with E-state index in [9.17, 15) is 0 Å². The van der Waals surface area contributed by atoms with Crippen LogP contribution in [0.3, 0.4) is 0 Å². The molecule has 2 rings (SSSR count). The Bertz CT molecular complexity index is 774. The minimum Gasteiger partial charge on any atom is -0.454 e. The third kappa shape index (κ3) is 6.32. The van der Waals surface area contributed by atoms with E-state index in [-0.39, 0.29) is 0 Å². The van der Waals surface area contributed by atoms with Crippen molar-refractivity contribution < 1.29 is 4.74 Å². The van der Waals surface area contributed by atoms with E-state index in [0.717, 1.165) is 49.5 Å². The molecule has 132 valence electrons. The highest BCUT2D eigenvalue weighted by Gasteiger charge is 2.17. The lowest BCUT2D eigenvalue weighted by Crippen LogP contribution is -1.98. The van der Waals surface area contributed by atoms with Gasteiger partial charge in [-0.3, -0.25) is 0 Å². The van der Waals surface area contributed by atoms with Gasteiger partial charge in [0.15, 0.2) is 0 Å². The summed E-state index contributed by atoms with van der Waals surface area (Å²) in [6.07, 6.45) is 1.31. The molecule has 2 aromatic carbocycles. The van der Waals surface area contributed by atoms with E-state index in [1.807, 2.05) is 24.3 Å². The van der Waals surface area contributed by atoms with Gasteiger partial charge in [0.25, 0.3) is 0 Å². The van der Waals surface area contributed by atoms with Crippen molar-refractivity contribution in [3.63, 3.8) is 0 Å². The van der Waals surface area contributed by atoms with Crippen LogP contribution in [0.4, 0.5) is 0 Å². The van der Waals surface area contributed by atoms with Crippen molar-refractivity contribution >= 4 is 95.6 Å². The quantitative estimate of drug-likeness (QED) is 0.289. The Kier molecular flexibility index (Phi) is 8.49. The van der Waals surface area contributed by atoms with Crippen molar-refractivity contribution in [2.24, 2.45) is 0 Å². The average Bonchev–Trinajstić information content (AvgIpc) is 2.43. The molecule has 0 bridgehead atoms. The Balaban J connectivity index is 2.56. The Morgan fingerprint density at radius 3 is 1.40 bits per heavy atom. The maximum Gasteiger partial charge on any atom is 0.145 e. The first-order valence-corrected chi connectivity index (χ1v) is 11.7. The highest BCUT2D eigenvalue weighted by Crippen LogP contribution is 2.42. The average molecular weight is 724 g/mol. The predicted octanol–water partition coefficient (Wildman–Crippen LogP) is 9.43. The lowest BCUT2D eigenvalue weighted by Gasteiger charge is -2.18. The van der Waals surface area contributed by atoms with Crippen molar-refractivity contribution in [2.45, 2.75) is 12.8 Å². The Labute approximate surface area is 198 Å². The molecule has 0 N–H and O–H groups in total. The molecule has 0 aliphatic carbocycles. The zero-order valence-corrected chi connectivity index (χ0v) is 22.3. The van der Waals surface area contributed by atoms with E-state index in [1.165, 1.54) is 0 Å².